The Morgan fingerprint density at radius 3 is 2.68 bits per heavy atom. The standard InChI is InChI=1S/C15H22FNO2/c1-11-9-12(5-6-13(11)16)14(19)17-8-4-7-15(2,3)10-18/h5-6,9,18H,4,7-8,10H2,1-3H3,(H,17,19). The summed E-state index contributed by atoms with van der Waals surface area (Å²) < 4.78 is 13.1. The molecule has 0 saturated heterocycles. The number of nitrogens with one attached hydrogen (secondary N) is 1. The van der Waals surface area contributed by atoms with Crippen molar-refractivity contribution in [2.75, 3.05) is 13.2 Å². The average Bonchev–Trinajstić information content (AvgIpc) is 2.37. The molecule has 1 aromatic carbocycles. The van der Waals surface area contributed by atoms with Crippen LogP contribution in [-0.2, 0) is 0 Å². The fourth-order valence-corrected chi connectivity index (χ4v) is 1.74. The molecule has 0 aliphatic heterocycles. The van der Waals surface area contributed by atoms with E-state index in [1.165, 1.54) is 12.1 Å². The van der Waals surface area contributed by atoms with E-state index in [9.17, 15) is 9.18 Å². The second kappa shape index (κ2) is 6.66. The lowest BCUT2D eigenvalue weighted by Gasteiger charge is -2.21. The van der Waals surface area contributed by atoms with E-state index in [0.717, 1.165) is 12.8 Å². The zero-order chi connectivity index (χ0) is 14.5. The maximum Gasteiger partial charge on any atom is 0.251 e. The van der Waals surface area contributed by atoms with E-state index in [1.54, 1.807) is 13.0 Å². The summed E-state index contributed by atoms with van der Waals surface area (Å²) in [6, 6.07) is 4.33. The Morgan fingerprint density at radius 1 is 1.42 bits per heavy atom. The maximum absolute atomic E-state index is 13.1. The number of carbonyl (C=O) groups is 1. The van der Waals surface area contributed by atoms with Gasteiger partial charge in [-0.3, -0.25) is 4.79 Å². The molecule has 0 aliphatic carbocycles. The van der Waals surface area contributed by atoms with Crippen molar-refractivity contribution in [2.24, 2.45) is 5.41 Å². The van der Waals surface area contributed by atoms with Crippen molar-refractivity contribution in [3.05, 3.63) is 35.1 Å². The number of aliphatic hydroxyl groups excluding tert-OH is 1. The molecule has 19 heavy (non-hydrogen) atoms. The van der Waals surface area contributed by atoms with Crippen molar-refractivity contribution in [1.82, 2.24) is 5.32 Å². The second-order valence-electron chi connectivity index (χ2n) is 5.65. The molecule has 0 fully saturated rings. The molecule has 3 nitrogen and oxygen atoms in total. The molecule has 1 amide bonds. The lowest BCUT2D eigenvalue weighted by atomic mass is 9.89. The molecule has 1 aromatic rings. The summed E-state index contributed by atoms with van der Waals surface area (Å²) in [5.74, 6) is -0.494. The minimum absolute atomic E-state index is 0.114. The summed E-state index contributed by atoms with van der Waals surface area (Å²) in [5.41, 5.74) is 0.825. The second-order valence-corrected chi connectivity index (χ2v) is 5.65. The smallest absolute Gasteiger partial charge is 0.251 e. The first-order valence-corrected chi connectivity index (χ1v) is 6.51. The van der Waals surface area contributed by atoms with Crippen LogP contribution in [0.2, 0.25) is 0 Å². The highest BCUT2D eigenvalue weighted by atomic mass is 19.1. The Bertz CT molecular complexity index is 444. The zero-order valence-electron chi connectivity index (χ0n) is 11.8. The van der Waals surface area contributed by atoms with Gasteiger partial charge in [-0.05, 0) is 48.9 Å². The highest BCUT2D eigenvalue weighted by molar-refractivity contribution is 5.94. The SMILES string of the molecule is Cc1cc(C(=O)NCCCC(C)(C)CO)ccc1F. The largest absolute Gasteiger partial charge is 0.396 e. The average molecular weight is 267 g/mol. The Labute approximate surface area is 113 Å². The Balaban J connectivity index is 2.41. The van der Waals surface area contributed by atoms with E-state index in [1.807, 2.05) is 13.8 Å². The van der Waals surface area contributed by atoms with Crippen molar-refractivity contribution in [3.8, 4) is 0 Å². The van der Waals surface area contributed by atoms with Gasteiger partial charge >= 0.3 is 0 Å². The van der Waals surface area contributed by atoms with E-state index in [0.29, 0.717) is 17.7 Å². The predicted octanol–water partition coefficient (Wildman–Crippen LogP) is 2.66. The normalized spacial score (nSPS) is 11.4. The van der Waals surface area contributed by atoms with Crippen LogP contribution in [0.1, 0.15) is 42.6 Å². The summed E-state index contributed by atoms with van der Waals surface area (Å²) in [4.78, 5) is 11.8. The summed E-state index contributed by atoms with van der Waals surface area (Å²) in [7, 11) is 0. The molecule has 0 aromatic heterocycles. The van der Waals surface area contributed by atoms with E-state index < -0.39 is 0 Å². The molecular formula is C15H22FNO2. The molecule has 0 heterocycles. The maximum atomic E-state index is 13.1. The minimum Gasteiger partial charge on any atom is -0.396 e. The predicted molar refractivity (Wildman–Crippen MR) is 73.6 cm³/mol. The van der Waals surface area contributed by atoms with Crippen LogP contribution in [0.3, 0.4) is 0 Å². The summed E-state index contributed by atoms with van der Waals surface area (Å²) in [6.07, 6.45) is 1.64. The third kappa shape index (κ3) is 4.99. The van der Waals surface area contributed by atoms with Gasteiger partial charge in [0.25, 0.3) is 5.91 Å². The monoisotopic (exact) mass is 267 g/mol. The molecule has 0 atom stereocenters. The molecule has 2 N–H and O–H groups in total. The Hall–Kier alpha value is -1.42. The van der Waals surface area contributed by atoms with Gasteiger partial charge in [-0.2, -0.15) is 0 Å². The molecule has 0 bridgehead atoms. The van der Waals surface area contributed by atoms with Crippen LogP contribution in [0.4, 0.5) is 4.39 Å². The Kier molecular flexibility index (Phi) is 5.48. The number of hydrogen-bond acceptors (Lipinski definition) is 2. The summed E-state index contributed by atoms with van der Waals surface area (Å²) >= 11 is 0. The summed E-state index contributed by atoms with van der Waals surface area (Å²) in [6.45, 7) is 6.29. The lowest BCUT2D eigenvalue weighted by Crippen LogP contribution is -2.26. The number of aryl methyl sites for hydroxylation is 1. The number of hydrogen-bond donors (Lipinski definition) is 2. The van der Waals surface area contributed by atoms with Gasteiger partial charge in [-0.25, -0.2) is 4.39 Å². The topological polar surface area (TPSA) is 49.3 Å². The quantitative estimate of drug-likeness (QED) is 0.778. The van der Waals surface area contributed by atoms with Crippen molar-refractivity contribution < 1.29 is 14.3 Å². The summed E-state index contributed by atoms with van der Waals surface area (Å²) in [5, 5.41) is 11.9. The molecule has 0 aliphatic rings. The van der Waals surface area contributed by atoms with Crippen LogP contribution in [0.25, 0.3) is 0 Å². The van der Waals surface area contributed by atoms with Crippen molar-refractivity contribution in [3.63, 3.8) is 0 Å². The first kappa shape index (κ1) is 15.6. The van der Waals surface area contributed by atoms with Crippen LogP contribution < -0.4 is 5.32 Å². The van der Waals surface area contributed by atoms with Gasteiger partial charge in [0.15, 0.2) is 0 Å². The first-order chi connectivity index (χ1) is 8.85. The van der Waals surface area contributed by atoms with Gasteiger partial charge in [0, 0.05) is 18.7 Å². The van der Waals surface area contributed by atoms with Crippen molar-refractivity contribution in [2.45, 2.75) is 33.6 Å². The first-order valence-electron chi connectivity index (χ1n) is 6.51. The van der Waals surface area contributed by atoms with Gasteiger partial charge < -0.3 is 10.4 Å². The van der Waals surface area contributed by atoms with Gasteiger partial charge in [0.2, 0.25) is 0 Å². The molecule has 4 heteroatoms. The fourth-order valence-electron chi connectivity index (χ4n) is 1.74. The third-order valence-electron chi connectivity index (χ3n) is 3.16. The van der Waals surface area contributed by atoms with Gasteiger partial charge in [0.1, 0.15) is 5.82 Å². The number of aliphatic hydroxyl groups is 1. The molecule has 106 valence electrons. The van der Waals surface area contributed by atoms with Gasteiger partial charge in [0.05, 0.1) is 0 Å². The zero-order valence-corrected chi connectivity index (χ0v) is 11.8. The number of halogens is 1. The van der Waals surface area contributed by atoms with Crippen LogP contribution in [0, 0.1) is 18.2 Å². The van der Waals surface area contributed by atoms with Crippen LogP contribution in [0.15, 0.2) is 18.2 Å². The van der Waals surface area contributed by atoms with E-state index in [4.69, 9.17) is 5.11 Å². The number of carbonyl (C=O) groups excluding carboxylic acids is 1. The van der Waals surface area contributed by atoms with Crippen molar-refractivity contribution >= 4 is 5.91 Å². The van der Waals surface area contributed by atoms with E-state index in [-0.39, 0.29) is 23.7 Å². The number of amides is 1. The number of rotatable bonds is 6. The van der Waals surface area contributed by atoms with Gasteiger partial charge in [-0.1, -0.05) is 13.8 Å². The molecule has 0 unspecified atom stereocenters. The highest BCUT2D eigenvalue weighted by Gasteiger charge is 2.15. The Morgan fingerprint density at radius 2 is 2.11 bits per heavy atom. The van der Waals surface area contributed by atoms with Crippen LogP contribution >= 0.6 is 0 Å². The van der Waals surface area contributed by atoms with E-state index in [2.05, 4.69) is 5.32 Å². The van der Waals surface area contributed by atoms with E-state index >= 15 is 0 Å². The van der Waals surface area contributed by atoms with Crippen LogP contribution in [-0.4, -0.2) is 24.2 Å². The fraction of sp³-hybridized carbons (Fsp3) is 0.533. The molecular weight excluding hydrogens is 245 g/mol. The molecule has 0 radical (unpaired) electrons. The molecule has 0 spiro atoms. The lowest BCUT2D eigenvalue weighted by molar-refractivity contribution is 0.0948. The van der Waals surface area contributed by atoms with Crippen molar-refractivity contribution in [1.29, 1.82) is 0 Å². The molecule has 0 saturated carbocycles. The van der Waals surface area contributed by atoms with Crippen LogP contribution in [0.5, 0.6) is 0 Å². The third-order valence-corrected chi connectivity index (χ3v) is 3.16. The number of benzene rings is 1. The minimum atomic E-state index is -0.304. The van der Waals surface area contributed by atoms with Gasteiger partial charge in [-0.15, -0.1) is 0 Å². The highest BCUT2D eigenvalue weighted by Crippen LogP contribution is 2.20. The molecule has 1 rings (SSSR count).